The van der Waals surface area contributed by atoms with Crippen LogP contribution in [0.3, 0.4) is 0 Å². The van der Waals surface area contributed by atoms with Crippen LogP contribution >= 0.6 is 12.4 Å². The summed E-state index contributed by atoms with van der Waals surface area (Å²) in [5, 5.41) is 9.80. The highest BCUT2D eigenvalue weighted by Gasteiger charge is 2.33. The van der Waals surface area contributed by atoms with Crippen molar-refractivity contribution in [3.63, 3.8) is 0 Å². The molecule has 1 saturated heterocycles. The first-order chi connectivity index (χ1) is 8.92. The van der Waals surface area contributed by atoms with E-state index in [9.17, 15) is 5.11 Å². The molecule has 0 bridgehead atoms. The molecule has 0 aromatic heterocycles. The molecule has 1 aromatic rings. The monoisotopic (exact) mass is 300 g/mol. The minimum absolute atomic E-state index is 0. The van der Waals surface area contributed by atoms with Gasteiger partial charge in [-0.2, -0.15) is 0 Å². The average Bonchev–Trinajstić information content (AvgIpc) is 2.34. The summed E-state index contributed by atoms with van der Waals surface area (Å²) in [4.78, 5) is 2.39. The molecule has 114 valence electrons. The van der Waals surface area contributed by atoms with Gasteiger partial charge < -0.3 is 15.6 Å². The second-order valence-electron chi connectivity index (χ2n) is 6.10. The molecule has 4 nitrogen and oxygen atoms in total. The van der Waals surface area contributed by atoms with Crippen LogP contribution in [0.2, 0.25) is 0 Å². The van der Waals surface area contributed by atoms with E-state index in [1.165, 1.54) is 0 Å². The van der Waals surface area contributed by atoms with Gasteiger partial charge in [-0.3, -0.25) is 4.90 Å². The number of hydrogen-bond donors (Lipinski definition) is 2. The van der Waals surface area contributed by atoms with E-state index < -0.39 is 0 Å². The van der Waals surface area contributed by atoms with Gasteiger partial charge in [-0.25, -0.2) is 0 Å². The fraction of sp³-hybridized carbons (Fsp3) is 0.600. The molecular formula is C15H25ClN2O2. The van der Waals surface area contributed by atoms with Gasteiger partial charge in [0.25, 0.3) is 0 Å². The summed E-state index contributed by atoms with van der Waals surface area (Å²) in [5.41, 5.74) is 7.39. The Bertz CT molecular complexity index is 451. The topological polar surface area (TPSA) is 58.7 Å². The molecule has 0 amide bonds. The van der Waals surface area contributed by atoms with E-state index in [4.69, 9.17) is 10.5 Å². The Balaban J connectivity index is 0.00000200. The molecule has 2 rings (SSSR count). The maximum Gasteiger partial charge on any atom is 0.160 e. The predicted octanol–water partition coefficient (Wildman–Crippen LogP) is 2.38. The Morgan fingerprint density at radius 2 is 2.15 bits per heavy atom. The van der Waals surface area contributed by atoms with E-state index in [-0.39, 0.29) is 29.6 Å². The van der Waals surface area contributed by atoms with Gasteiger partial charge in [0.05, 0.1) is 7.11 Å². The summed E-state index contributed by atoms with van der Waals surface area (Å²) in [6.07, 6.45) is 1.02. The summed E-state index contributed by atoms with van der Waals surface area (Å²) in [6, 6.07) is 5.86. The molecule has 0 saturated carbocycles. The number of phenols is 1. The maximum absolute atomic E-state index is 9.80. The number of likely N-dealkylation sites (tertiary alicyclic amines) is 1. The Morgan fingerprint density at radius 3 is 2.70 bits per heavy atom. The molecule has 1 heterocycles. The molecule has 5 heteroatoms. The number of aromatic hydroxyl groups is 1. The van der Waals surface area contributed by atoms with Crippen molar-refractivity contribution in [2.75, 3.05) is 20.2 Å². The maximum atomic E-state index is 9.80. The number of methoxy groups -OCH3 is 1. The Labute approximate surface area is 127 Å². The minimum atomic E-state index is 0. The molecule has 1 aromatic carbocycles. The summed E-state index contributed by atoms with van der Waals surface area (Å²) < 4.78 is 5.06. The van der Waals surface area contributed by atoms with Gasteiger partial charge >= 0.3 is 0 Å². The number of hydrogen-bond acceptors (Lipinski definition) is 4. The van der Waals surface area contributed by atoms with E-state index in [0.29, 0.717) is 5.75 Å². The van der Waals surface area contributed by atoms with Crippen molar-refractivity contribution in [3.8, 4) is 11.5 Å². The van der Waals surface area contributed by atoms with E-state index in [2.05, 4.69) is 18.7 Å². The van der Waals surface area contributed by atoms with Gasteiger partial charge in [-0.1, -0.05) is 19.9 Å². The molecule has 0 aliphatic carbocycles. The molecule has 1 unspecified atom stereocenters. The minimum Gasteiger partial charge on any atom is -0.504 e. The summed E-state index contributed by atoms with van der Waals surface area (Å²) in [6.45, 7) is 7.27. The van der Waals surface area contributed by atoms with Crippen molar-refractivity contribution < 1.29 is 9.84 Å². The quantitative estimate of drug-likeness (QED) is 0.900. The molecule has 0 spiro atoms. The zero-order valence-electron chi connectivity index (χ0n) is 12.4. The van der Waals surface area contributed by atoms with Crippen molar-refractivity contribution >= 4 is 12.4 Å². The zero-order valence-corrected chi connectivity index (χ0v) is 13.2. The third-order valence-electron chi connectivity index (χ3n) is 4.04. The number of benzene rings is 1. The van der Waals surface area contributed by atoms with E-state index in [0.717, 1.165) is 31.6 Å². The van der Waals surface area contributed by atoms with Crippen LogP contribution in [0, 0.1) is 5.41 Å². The Hall–Kier alpha value is -0.970. The first-order valence-corrected chi connectivity index (χ1v) is 6.76. The fourth-order valence-corrected chi connectivity index (χ4v) is 2.71. The van der Waals surface area contributed by atoms with Crippen LogP contribution in [0.4, 0.5) is 0 Å². The highest BCUT2D eigenvalue weighted by Crippen LogP contribution is 2.30. The molecule has 0 radical (unpaired) electrons. The third kappa shape index (κ3) is 3.78. The second-order valence-corrected chi connectivity index (χ2v) is 6.10. The lowest BCUT2D eigenvalue weighted by atomic mass is 9.79. The Morgan fingerprint density at radius 1 is 1.45 bits per heavy atom. The number of piperidine rings is 1. The molecule has 1 atom stereocenters. The normalized spacial score (nSPS) is 22.1. The van der Waals surface area contributed by atoms with Crippen LogP contribution < -0.4 is 10.5 Å². The molecule has 20 heavy (non-hydrogen) atoms. The number of nitrogens with zero attached hydrogens (tertiary/aromatic N) is 1. The van der Waals surface area contributed by atoms with Crippen molar-refractivity contribution in [1.82, 2.24) is 4.90 Å². The standard InChI is InChI=1S/C15H24N2O2.ClH/c1-15(2)10-17(7-6-14(15)16)9-11-4-5-13(19-3)12(18)8-11;/h4-5,8,14,18H,6-7,9-10,16H2,1-3H3;1H. The van der Waals surface area contributed by atoms with E-state index in [1.54, 1.807) is 13.2 Å². The van der Waals surface area contributed by atoms with Crippen LogP contribution in [0.25, 0.3) is 0 Å². The van der Waals surface area contributed by atoms with Gasteiger partial charge in [0.1, 0.15) is 0 Å². The fourth-order valence-electron chi connectivity index (χ4n) is 2.71. The second kappa shape index (κ2) is 6.66. The largest absolute Gasteiger partial charge is 0.504 e. The summed E-state index contributed by atoms with van der Waals surface area (Å²) in [7, 11) is 1.56. The molecule has 3 N–H and O–H groups in total. The van der Waals surface area contributed by atoms with Crippen molar-refractivity contribution in [3.05, 3.63) is 23.8 Å². The zero-order chi connectivity index (χ0) is 14.0. The summed E-state index contributed by atoms with van der Waals surface area (Å²) >= 11 is 0. The van der Waals surface area contributed by atoms with Crippen LogP contribution in [0.1, 0.15) is 25.8 Å². The van der Waals surface area contributed by atoms with Crippen LogP contribution in [-0.2, 0) is 6.54 Å². The van der Waals surface area contributed by atoms with Crippen molar-refractivity contribution in [1.29, 1.82) is 0 Å². The number of ether oxygens (including phenoxy) is 1. The number of rotatable bonds is 3. The van der Waals surface area contributed by atoms with Crippen LogP contribution in [-0.4, -0.2) is 36.2 Å². The lowest BCUT2D eigenvalue weighted by molar-refractivity contribution is 0.0898. The molecule has 1 fully saturated rings. The lowest BCUT2D eigenvalue weighted by Crippen LogP contribution is -2.52. The van der Waals surface area contributed by atoms with Crippen LogP contribution in [0.5, 0.6) is 11.5 Å². The van der Waals surface area contributed by atoms with Crippen molar-refractivity contribution in [2.45, 2.75) is 32.9 Å². The van der Waals surface area contributed by atoms with Crippen LogP contribution in [0.15, 0.2) is 18.2 Å². The van der Waals surface area contributed by atoms with Gasteiger partial charge in [-0.05, 0) is 29.5 Å². The Kier molecular flexibility index (Phi) is 5.68. The summed E-state index contributed by atoms with van der Waals surface area (Å²) in [5.74, 6) is 0.720. The van der Waals surface area contributed by atoms with E-state index in [1.807, 2.05) is 12.1 Å². The molecule has 1 aliphatic rings. The molecular weight excluding hydrogens is 276 g/mol. The van der Waals surface area contributed by atoms with Gasteiger partial charge in [0.15, 0.2) is 11.5 Å². The lowest BCUT2D eigenvalue weighted by Gasteiger charge is -2.42. The first kappa shape index (κ1) is 17.1. The van der Waals surface area contributed by atoms with Crippen molar-refractivity contribution in [2.24, 2.45) is 11.1 Å². The smallest absolute Gasteiger partial charge is 0.160 e. The van der Waals surface area contributed by atoms with Gasteiger partial charge in [0.2, 0.25) is 0 Å². The number of halogens is 1. The highest BCUT2D eigenvalue weighted by atomic mass is 35.5. The number of phenolic OH excluding ortho intramolecular Hbond substituents is 1. The average molecular weight is 301 g/mol. The highest BCUT2D eigenvalue weighted by molar-refractivity contribution is 5.85. The van der Waals surface area contributed by atoms with Gasteiger partial charge in [0, 0.05) is 25.7 Å². The number of nitrogens with two attached hydrogens (primary N) is 1. The first-order valence-electron chi connectivity index (χ1n) is 6.76. The SMILES string of the molecule is COc1ccc(CN2CCC(N)C(C)(C)C2)cc1O.Cl. The predicted molar refractivity (Wildman–Crippen MR) is 83.6 cm³/mol. The molecule has 1 aliphatic heterocycles. The van der Waals surface area contributed by atoms with E-state index >= 15 is 0 Å². The van der Waals surface area contributed by atoms with Gasteiger partial charge in [-0.15, -0.1) is 12.4 Å². The third-order valence-corrected chi connectivity index (χ3v) is 4.04.